The fourth-order valence-corrected chi connectivity index (χ4v) is 3.76. The van der Waals surface area contributed by atoms with Gasteiger partial charge in [0, 0.05) is 18.3 Å². The summed E-state index contributed by atoms with van der Waals surface area (Å²) in [6.07, 6.45) is 2.63. The maximum atomic E-state index is 12.2. The van der Waals surface area contributed by atoms with Gasteiger partial charge >= 0.3 is 0 Å². The standard InChI is InChI=1S/C13H20N2O2S/c1-2-9-18(16,17)15(13-7-8-13)10-11-3-5-12(14)6-4-11/h3-6,13H,2,7-10,14H2,1H3. The van der Waals surface area contributed by atoms with E-state index >= 15 is 0 Å². The molecule has 1 aromatic rings. The zero-order valence-electron chi connectivity index (χ0n) is 10.7. The van der Waals surface area contributed by atoms with Crippen LogP contribution in [0.3, 0.4) is 0 Å². The second-order valence-corrected chi connectivity index (χ2v) is 6.88. The highest BCUT2D eigenvalue weighted by Crippen LogP contribution is 2.31. The summed E-state index contributed by atoms with van der Waals surface area (Å²) >= 11 is 0. The van der Waals surface area contributed by atoms with Crippen molar-refractivity contribution in [2.75, 3.05) is 11.5 Å². The highest BCUT2D eigenvalue weighted by molar-refractivity contribution is 7.89. The van der Waals surface area contributed by atoms with Gasteiger partial charge in [0.2, 0.25) is 10.0 Å². The fraction of sp³-hybridized carbons (Fsp3) is 0.538. The molecule has 1 aromatic carbocycles. The van der Waals surface area contributed by atoms with Gasteiger partial charge in [-0.1, -0.05) is 19.1 Å². The van der Waals surface area contributed by atoms with Crippen molar-refractivity contribution < 1.29 is 8.42 Å². The molecule has 2 N–H and O–H groups in total. The SMILES string of the molecule is CCCS(=O)(=O)N(Cc1ccc(N)cc1)C1CC1. The van der Waals surface area contributed by atoms with Gasteiger partial charge in [-0.15, -0.1) is 0 Å². The van der Waals surface area contributed by atoms with E-state index in [0.29, 0.717) is 18.7 Å². The van der Waals surface area contributed by atoms with E-state index in [1.165, 1.54) is 0 Å². The summed E-state index contributed by atoms with van der Waals surface area (Å²) in [4.78, 5) is 0. The summed E-state index contributed by atoms with van der Waals surface area (Å²) in [6, 6.07) is 7.62. The first-order valence-corrected chi connectivity index (χ1v) is 7.98. The van der Waals surface area contributed by atoms with Gasteiger partial charge in [-0.05, 0) is 37.0 Å². The Hall–Kier alpha value is -1.07. The van der Waals surface area contributed by atoms with E-state index in [9.17, 15) is 8.42 Å². The van der Waals surface area contributed by atoms with E-state index < -0.39 is 10.0 Å². The fourth-order valence-electron chi connectivity index (χ4n) is 2.00. The molecule has 0 atom stereocenters. The normalized spacial score (nSPS) is 16.1. The highest BCUT2D eigenvalue weighted by atomic mass is 32.2. The average Bonchev–Trinajstić information content (AvgIpc) is 3.12. The summed E-state index contributed by atoms with van der Waals surface area (Å²) in [7, 11) is -3.12. The zero-order valence-corrected chi connectivity index (χ0v) is 11.5. The monoisotopic (exact) mass is 268 g/mol. The number of nitrogens with zero attached hydrogens (tertiary/aromatic N) is 1. The van der Waals surface area contributed by atoms with Crippen LogP contribution in [0.4, 0.5) is 5.69 Å². The smallest absolute Gasteiger partial charge is 0.214 e. The zero-order chi connectivity index (χ0) is 13.2. The lowest BCUT2D eigenvalue weighted by Crippen LogP contribution is -2.34. The maximum Gasteiger partial charge on any atom is 0.214 e. The molecule has 0 amide bonds. The van der Waals surface area contributed by atoms with Crippen LogP contribution < -0.4 is 5.73 Å². The Balaban J connectivity index is 2.14. The summed E-state index contributed by atoms with van der Waals surface area (Å²) in [5.41, 5.74) is 7.33. The second kappa shape index (κ2) is 5.28. The largest absolute Gasteiger partial charge is 0.399 e. The molecule has 18 heavy (non-hydrogen) atoms. The molecule has 0 unspecified atom stereocenters. The highest BCUT2D eigenvalue weighted by Gasteiger charge is 2.36. The minimum atomic E-state index is -3.12. The van der Waals surface area contributed by atoms with Crippen LogP contribution in [0.15, 0.2) is 24.3 Å². The molecule has 0 bridgehead atoms. The van der Waals surface area contributed by atoms with E-state index in [4.69, 9.17) is 5.73 Å². The van der Waals surface area contributed by atoms with E-state index in [1.807, 2.05) is 31.2 Å². The molecular formula is C13H20N2O2S. The van der Waals surface area contributed by atoms with Crippen molar-refractivity contribution in [2.45, 2.75) is 38.8 Å². The summed E-state index contributed by atoms with van der Waals surface area (Å²) in [5.74, 6) is 0.235. The number of anilines is 1. The molecule has 1 saturated carbocycles. The van der Waals surface area contributed by atoms with Gasteiger partial charge in [-0.25, -0.2) is 8.42 Å². The number of sulfonamides is 1. The molecule has 0 radical (unpaired) electrons. The van der Waals surface area contributed by atoms with Crippen LogP contribution in [0, 0.1) is 0 Å². The summed E-state index contributed by atoms with van der Waals surface area (Å²) in [5, 5.41) is 0. The van der Waals surface area contributed by atoms with Crippen molar-refractivity contribution in [1.82, 2.24) is 4.31 Å². The lowest BCUT2D eigenvalue weighted by Gasteiger charge is -2.21. The van der Waals surface area contributed by atoms with E-state index in [0.717, 1.165) is 18.4 Å². The first-order valence-electron chi connectivity index (χ1n) is 6.37. The molecule has 1 fully saturated rings. The van der Waals surface area contributed by atoms with Crippen molar-refractivity contribution in [3.63, 3.8) is 0 Å². The number of nitrogens with two attached hydrogens (primary N) is 1. The third-order valence-electron chi connectivity index (χ3n) is 3.09. The Morgan fingerprint density at radius 3 is 2.39 bits per heavy atom. The van der Waals surface area contributed by atoms with Gasteiger partial charge in [0.25, 0.3) is 0 Å². The predicted molar refractivity (Wildman–Crippen MR) is 73.5 cm³/mol. The predicted octanol–water partition coefficient (Wildman–Crippen LogP) is 1.97. The van der Waals surface area contributed by atoms with Crippen molar-refractivity contribution >= 4 is 15.7 Å². The Morgan fingerprint density at radius 2 is 1.89 bits per heavy atom. The van der Waals surface area contributed by atoms with Crippen LogP contribution >= 0.6 is 0 Å². The molecule has 4 nitrogen and oxygen atoms in total. The first-order chi connectivity index (χ1) is 8.53. The first kappa shape index (κ1) is 13.4. The van der Waals surface area contributed by atoms with Crippen LogP contribution in [-0.2, 0) is 16.6 Å². The van der Waals surface area contributed by atoms with Crippen molar-refractivity contribution in [2.24, 2.45) is 0 Å². The van der Waals surface area contributed by atoms with Crippen LogP contribution in [0.1, 0.15) is 31.7 Å². The van der Waals surface area contributed by atoms with Crippen molar-refractivity contribution in [3.05, 3.63) is 29.8 Å². The van der Waals surface area contributed by atoms with Crippen LogP contribution in [0.5, 0.6) is 0 Å². The molecule has 0 saturated heterocycles. The Kier molecular flexibility index (Phi) is 3.92. The minimum Gasteiger partial charge on any atom is -0.399 e. The van der Waals surface area contributed by atoms with E-state index in [1.54, 1.807) is 4.31 Å². The van der Waals surface area contributed by atoms with E-state index in [2.05, 4.69) is 0 Å². The van der Waals surface area contributed by atoms with Gasteiger partial charge in [-0.2, -0.15) is 4.31 Å². The molecule has 1 aliphatic carbocycles. The molecule has 0 aliphatic heterocycles. The van der Waals surface area contributed by atoms with Gasteiger partial charge < -0.3 is 5.73 Å². The molecule has 0 aromatic heterocycles. The van der Waals surface area contributed by atoms with Crippen molar-refractivity contribution in [1.29, 1.82) is 0 Å². The number of hydrogen-bond acceptors (Lipinski definition) is 3. The lowest BCUT2D eigenvalue weighted by molar-refractivity contribution is 0.398. The third-order valence-corrected chi connectivity index (χ3v) is 5.16. The Morgan fingerprint density at radius 1 is 1.28 bits per heavy atom. The third kappa shape index (κ3) is 3.23. The lowest BCUT2D eigenvalue weighted by atomic mass is 10.2. The van der Waals surface area contributed by atoms with Crippen LogP contribution in [0.2, 0.25) is 0 Å². The molecule has 0 spiro atoms. The van der Waals surface area contributed by atoms with Gasteiger partial charge in [-0.3, -0.25) is 0 Å². The van der Waals surface area contributed by atoms with Gasteiger partial charge in [0.1, 0.15) is 0 Å². The minimum absolute atomic E-state index is 0.208. The number of benzene rings is 1. The number of nitrogen functional groups attached to an aromatic ring is 1. The number of hydrogen-bond donors (Lipinski definition) is 1. The van der Waals surface area contributed by atoms with Gasteiger partial charge in [0.05, 0.1) is 5.75 Å². The quantitative estimate of drug-likeness (QED) is 0.802. The van der Waals surface area contributed by atoms with E-state index in [-0.39, 0.29) is 11.8 Å². The van der Waals surface area contributed by atoms with Crippen LogP contribution in [-0.4, -0.2) is 24.5 Å². The molecule has 5 heteroatoms. The molecule has 100 valence electrons. The molecule has 2 rings (SSSR count). The second-order valence-electron chi connectivity index (χ2n) is 4.83. The topological polar surface area (TPSA) is 63.4 Å². The molecule has 1 aliphatic rings. The Labute approximate surface area is 109 Å². The van der Waals surface area contributed by atoms with Crippen molar-refractivity contribution in [3.8, 4) is 0 Å². The number of rotatable bonds is 6. The average molecular weight is 268 g/mol. The summed E-state index contributed by atoms with van der Waals surface area (Å²) in [6.45, 7) is 2.36. The Bertz CT molecular complexity index is 492. The van der Waals surface area contributed by atoms with Gasteiger partial charge in [0.15, 0.2) is 0 Å². The maximum absolute atomic E-state index is 12.2. The molecule has 0 heterocycles. The van der Waals surface area contributed by atoms with Crippen LogP contribution in [0.25, 0.3) is 0 Å². The summed E-state index contributed by atoms with van der Waals surface area (Å²) < 4.78 is 26.0. The molecular weight excluding hydrogens is 248 g/mol.